The Labute approximate surface area is 224 Å². The van der Waals surface area contributed by atoms with Gasteiger partial charge in [0.15, 0.2) is 0 Å². The van der Waals surface area contributed by atoms with E-state index in [2.05, 4.69) is 5.32 Å². The zero-order chi connectivity index (χ0) is 27.2. The molecule has 0 fully saturated rings. The Hall–Kier alpha value is -3.36. The molecule has 3 rings (SSSR count). The lowest BCUT2D eigenvalue weighted by molar-refractivity contribution is -0.139. The van der Waals surface area contributed by atoms with Gasteiger partial charge in [0.25, 0.3) is 10.0 Å². The van der Waals surface area contributed by atoms with E-state index in [1.165, 1.54) is 29.2 Å². The van der Waals surface area contributed by atoms with E-state index in [1.54, 1.807) is 25.1 Å². The van der Waals surface area contributed by atoms with Crippen LogP contribution in [0, 0.1) is 6.92 Å². The van der Waals surface area contributed by atoms with Crippen LogP contribution in [0.25, 0.3) is 0 Å². The lowest BCUT2D eigenvalue weighted by atomic mass is 10.1. The van der Waals surface area contributed by atoms with Crippen molar-refractivity contribution in [3.05, 3.63) is 95.0 Å². The highest BCUT2D eigenvalue weighted by Crippen LogP contribution is 2.26. The highest BCUT2D eigenvalue weighted by atomic mass is 35.5. The Bertz CT molecular complexity index is 1330. The summed E-state index contributed by atoms with van der Waals surface area (Å²) in [5.74, 6) is -0.823. The molecule has 9 heteroatoms. The lowest BCUT2D eigenvalue weighted by Crippen LogP contribution is -2.52. The van der Waals surface area contributed by atoms with Crippen LogP contribution in [0.5, 0.6) is 0 Å². The third kappa shape index (κ3) is 7.33. The summed E-state index contributed by atoms with van der Waals surface area (Å²) in [6.07, 6.45) is 0. The predicted molar refractivity (Wildman–Crippen MR) is 147 cm³/mol. The average Bonchev–Trinajstić information content (AvgIpc) is 2.85. The topological polar surface area (TPSA) is 86.8 Å². The summed E-state index contributed by atoms with van der Waals surface area (Å²) in [7, 11) is -4.13. The average molecular weight is 542 g/mol. The minimum Gasteiger partial charge on any atom is -0.352 e. The molecule has 0 heterocycles. The molecule has 3 aromatic rings. The van der Waals surface area contributed by atoms with Crippen LogP contribution in [0.2, 0.25) is 5.02 Å². The number of hydrogen-bond donors (Lipinski definition) is 1. The summed E-state index contributed by atoms with van der Waals surface area (Å²) in [5.41, 5.74) is 2.01. The van der Waals surface area contributed by atoms with E-state index in [4.69, 9.17) is 11.6 Å². The predicted octanol–water partition coefficient (Wildman–Crippen LogP) is 4.79. The number of nitrogens with one attached hydrogen (secondary N) is 1. The van der Waals surface area contributed by atoms with E-state index in [1.807, 2.05) is 57.2 Å². The van der Waals surface area contributed by atoms with E-state index < -0.39 is 28.5 Å². The molecule has 0 bridgehead atoms. The molecule has 196 valence electrons. The summed E-state index contributed by atoms with van der Waals surface area (Å²) in [5, 5.41) is 3.24. The van der Waals surface area contributed by atoms with Crippen LogP contribution < -0.4 is 9.62 Å². The summed E-state index contributed by atoms with van der Waals surface area (Å²) >= 11 is 5.98. The number of benzene rings is 3. The van der Waals surface area contributed by atoms with E-state index in [0.29, 0.717) is 10.7 Å². The van der Waals surface area contributed by atoms with E-state index >= 15 is 0 Å². The fourth-order valence-electron chi connectivity index (χ4n) is 3.81. The van der Waals surface area contributed by atoms with E-state index in [0.717, 1.165) is 15.4 Å². The van der Waals surface area contributed by atoms with Crippen LogP contribution in [-0.4, -0.2) is 43.8 Å². The molecule has 3 aromatic carbocycles. The molecular weight excluding hydrogens is 510 g/mol. The molecule has 2 amide bonds. The van der Waals surface area contributed by atoms with Gasteiger partial charge in [-0.1, -0.05) is 54.1 Å². The summed E-state index contributed by atoms with van der Waals surface area (Å²) < 4.78 is 28.6. The van der Waals surface area contributed by atoms with Crippen LogP contribution in [0.1, 0.15) is 31.9 Å². The maximum Gasteiger partial charge on any atom is 0.264 e. The molecule has 7 nitrogen and oxygen atoms in total. The molecule has 1 atom stereocenters. The van der Waals surface area contributed by atoms with Crippen LogP contribution >= 0.6 is 11.6 Å². The van der Waals surface area contributed by atoms with Crippen molar-refractivity contribution in [1.82, 2.24) is 10.2 Å². The van der Waals surface area contributed by atoms with Gasteiger partial charge in [-0.3, -0.25) is 13.9 Å². The summed E-state index contributed by atoms with van der Waals surface area (Å²) in [6.45, 7) is 6.83. The molecule has 0 saturated heterocycles. The van der Waals surface area contributed by atoms with Crippen molar-refractivity contribution in [3.8, 4) is 0 Å². The molecule has 0 saturated carbocycles. The highest BCUT2D eigenvalue weighted by molar-refractivity contribution is 7.92. The Kier molecular flexibility index (Phi) is 9.34. The fraction of sp³-hybridized carbons (Fsp3) is 0.286. The largest absolute Gasteiger partial charge is 0.352 e. The maximum absolute atomic E-state index is 13.8. The minimum atomic E-state index is -4.13. The van der Waals surface area contributed by atoms with Gasteiger partial charge in [-0.25, -0.2) is 8.42 Å². The first-order valence-electron chi connectivity index (χ1n) is 12.0. The van der Waals surface area contributed by atoms with Crippen molar-refractivity contribution >= 4 is 39.1 Å². The van der Waals surface area contributed by atoms with Gasteiger partial charge in [0.05, 0.1) is 10.6 Å². The number of amides is 2. The molecule has 0 aliphatic rings. The third-order valence-electron chi connectivity index (χ3n) is 5.76. The van der Waals surface area contributed by atoms with Gasteiger partial charge in [-0.15, -0.1) is 0 Å². The number of halogens is 1. The molecule has 0 aliphatic heterocycles. The molecule has 1 N–H and O–H groups in total. The van der Waals surface area contributed by atoms with Gasteiger partial charge in [-0.05, 0) is 75.2 Å². The fourth-order valence-corrected chi connectivity index (χ4v) is 5.35. The zero-order valence-corrected chi connectivity index (χ0v) is 23.0. The normalized spacial score (nSPS) is 12.2. The van der Waals surface area contributed by atoms with E-state index in [-0.39, 0.29) is 23.4 Å². The molecule has 0 aromatic heterocycles. The van der Waals surface area contributed by atoms with Gasteiger partial charge in [0, 0.05) is 17.6 Å². The molecule has 0 aliphatic carbocycles. The Morgan fingerprint density at radius 2 is 1.57 bits per heavy atom. The zero-order valence-electron chi connectivity index (χ0n) is 21.4. The lowest BCUT2D eigenvalue weighted by Gasteiger charge is -2.32. The Balaban J connectivity index is 2.02. The highest BCUT2D eigenvalue weighted by Gasteiger charge is 2.32. The Morgan fingerprint density at radius 1 is 0.919 bits per heavy atom. The first-order chi connectivity index (χ1) is 17.5. The van der Waals surface area contributed by atoms with Crippen LogP contribution in [0.4, 0.5) is 5.69 Å². The monoisotopic (exact) mass is 541 g/mol. The molecular formula is C28H32ClN3O4S. The van der Waals surface area contributed by atoms with Crippen molar-refractivity contribution in [2.75, 3.05) is 10.8 Å². The quantitative estimate of drug-likeness (QED) is 0.400. The van der Waals surface area contributed by atoms with Crippen molar-refractivity contribution in [1.29, 1.82) is 0 Å². The number of rotatable bonds is 10. The summed E-state index contributed by atoms with van der Waals surface area (Å²) in [6, 6.07) is 21.1. The minimum absolute atomic E-state index is 0.00594. The Morgan fingerprint density at radius 3 is 2.16 bits per heavy atom. The van der Waals surface area contributed by atoms with Crippen LogP contribution in [-0.2, 0) is 26.2 Å². The number of anilines is 1. The van der Waals surface area contributed by atoms with Crippen molar-refractivity contribution < 1.29 is 18.0 Å². The second kappa shape index (κ2) is 12.3. The summed E-state index contributed by atoms with van der Waals surface area (Å²) in [4.78, 5) is 28.1. The van der Waals surface area contributed by atoms with Gasteiger partial charge in [-0.2, -0.15) is 0 Å². The maximum atomic E-state index is 13.8. The first kappa shape index (κ1) is 28.2. The number of carbonyl (C=O) groups excluding carboxylic acids is 2. The van der Waals surface area contributed by atoms with Crippen LogP contribution in [0.3, 0.4) is 0 Å². The first-order valence-corrected chi connectivity index (χ1v) is 13.8. The van der Waals surface area contributed by atoms with Gasteiger partial charge < -0.3 is 10.2 Å². The standard InChI is InChI=1S/C28H32ClN3O4S/c1-20(2)30-28(34)22(4)31(18-23-10-6-5-7-11-23)27(33)19-32(25-12-8-9-21(3)17-25)37(35,36)26-15-13-24(29)14-16-26/h5-17,20,22H,18-19H2,1-4H3,(H,30,34). The van der Waals surface area contributed by atoms with Crippen molar-refractivity contribution in [2.24, 2.45) is 0 Å². The number of nitrogens with zero attached hydrogens (tertiary/aromatic N) is 2. The van der Waals surface area contributed by atoms with Crippen molar-refractivity contribution in [3.63, 3.8) is 0 Å². The van der Waals surface area contributed by atoms with Gasteiger partial charge in [0.1, 0.15) is 12.6 Å². The second-order valence-electron chi connectivity index (χ2n) is 9.15. The SMILES string of the molecule is Cc1cccc(N(CC(=O)N(Cc2ccccc2)C(C)C(=O)NC(C)C)S(=O)(=O)c2ccc(Cl)cc2)c1. The van der Waals surface area contributed by atoms with Crippen molar-refractivity contribution in [2.45, 2.75) is 51.2 Å². The molecule has 0 radical (unpaired) electrons. The third-order valence-corrected chi connectivity index (χ3v) is 7.80. The molecule has 1 unspecified atom stereocenters. The molecule has 0 spiro atoms. The number of hydrogen-bond acceptors (Lipinski definition) is 4. The number of sulfonamides is 1. The molecule has 37 heavy (non-hydrogen) atoms. The van der Waals surface area contributed by atoms with Crippen LogP contribution in [0.15, 0.2) is 83.8 Å². The van der Waals surface area contributed by atoms with Gasteiger partial charge in [0.2, 0.25) is 11.8 Å². The number of aryl methyl sites for hydroxylation is 1. The number of carbonyl (C=O) groups is 2. The van der Waals surface area contributed by atoms with Gasteiger partial charge >= 0.3 is 0 Å². The smallest absolute Gasteiger partial charge is 0.264 e. The second-order valence-corrected chi connectivity index (χ2v) is 11.4. The van der Waals surface area contributed by atoms with E-state index in [9.17, 15) is 18.0 Å².